The Balaban J connectivity index is 1.78. The number of carbonyl (C=O) groups is 2. The molecule has 0 bridgehead atoms. The van der Waals surface area contributed by atoms with Gasteiger partial charge in [-0.3, -0.25) is 9.59 Å². The van der Waals surface area contributed by atoms with Crippen LogP contribution in [0.5, 0.6) is 0 Å². The second-order valence-corrected chi connectivity index (χ2v) is 19.0. The molecule has 2 heterocycles. The van der Waals surface area contributed by atoms with E-state index in [0.717, 1.165) is 70.6 Å². The minimum Gasteiger partial charge on any atom is -0.462 e. The second-order valence-electron chi connectivity index (χ2n) is 19.0. The van der Waals surface area contributed by atoms with E-state index < -0.39 is 99.3 Å². The van der Waals surface area contributed by atoms with Crippen molar-refractivity contribution < 1.29 is 73.8 Å². The van der Waals surface area contributed by atoms with Gasteiger partial charge in [0.2, 0.25) is 0 Å². The lowest BCUT2D eigenvalue weighted by Gasteiger charge is -2.42. The van der Waals surface area contributed by atoms with Crippen LogP contribution in [0.1, 0.15) is 181 Å². The first-order valence-corrected chi connectivity index (χ1v) is 27.5. The minimum absolute atomic E-state index is 0.109. The molecule has 11 atom stereocenters. The van der Waals surface area contributed by atoms with Crippen molar-refractivity contribution in [2.75, 3.05) is 26.4 Å². The zero-order valence-electron chi connectivity index (χ0n) is 43.9. The number of ether oxygens (including phenoxy) is 6. The molecular weight excluding hydrogens is 925 g/mol. The number of aliphatic hydroxyl groups is 7. The lowest BCUT2D eigenvalue weighted by atomic mass is 9.98. The average molecular weight is 1020 g/mol. The quantitative estimate of drug-likeness (QED) is 0.0172. The Morgan fingerprint density at radius 1 is 0.458 bits per heavy atom. The van der Waals surface area contributed by atoms with Gasteiger partial charge in [-0.25, -0.2) is 0 Å². The van der Waals surface area contributed by atoms with Crippen molar-refractivity contribution in [1.82, 2.24) is 0 Å². The van der Waals surface area contributed by atoms with Gasteiger partial charge in [-0.15, -0.1) is 0 Å². The third-order valence-corrected chi connectivity index (χ3v) is 12.7. The van der Waals surface area contributed by atoms with Gasteiger partial charge in [0.05, 0.1) is 19.8 Å². The molecule has 15 heteroatoms. The molecule has 0 radical (unpaired) electrons. The third kappa shape index (κ3) is 30.3. The molecule has 0 aromatic heterocycles. The summed E-state index contributed by atoms with van der Waals surface area (Å²) in [4.78, 5) is 25.8. The molecule has 2 aliphatic heterocycles. The Bertz CT molecular complexity index is 1530. The van der Waals surface area contributed by atoms with Crippen LogP contribution >= 0.6 is 0 Å². The first-order valence-electron chi connectivity index (χ1n) is 27.5. The highest BCUT2D eigenvalue weighted by molar-refractivity contribution is 5.70. The van der Waals surface area contributed by atoms with Gasteiger partial charge >= 0.3 is 11.9 Å². The van der Waals surface area contributed by atoms with Crippen LogP contribution in [0.4, 0.5) is 0 Å². The Kier molecular flexibility index (Phi) is 39.0. The highest BCUT2D eigenvalue weighted by Crippen LogP contribution is 2.26. The standard InChI is InChI=1S/C57H96O15/c1-3-5-7-9-11-13-15-17-19-20-21-22-23-24-26-27-29-31-33-35-37-39-48(59)67-42-45(70-49(60)40-38-36-34-32-30-28-25-18-16-14-12-10-8-6-4-2)43-68-56-55(66)53(64)51(62)47(72-56)44-69-57-54(65)52(63)50(61)46(41-58)71-57/h6,8,12,14-15,17-18,20-21,25,30,32,45-47,50-58,61-66H,3-5,7,9-11,13,16,19,22-24,26-29,31,33-44H2,1-2H3/b8-6-,14-12-,17-15-,21-20-,25-18-,32-30-. The number of aliphatic hydroxyl groups excluding tert-OH is 7. The molecule has 11 unspecified atom stereocenters. The largest absolute Gasteiger partial charge is 0.462 e. The number of hydrogen-bond donors (Lipinski definition) is 7. The summed E-state index contributed by atoms with van der Waals surface area (Å²) in [5.74, 6) is -0.982. The summed E-state index contributed by atoms with van der Waals surface area (Å²) in [7, 11) is 0. The van der Waals surface area contributed by atoms with E-state index >= 15 is 0 Å². The molecule has 15 nitrogen and oxygen atoms in total. The van der Waals surface area contributed by atoms with Crippen molar-refractivity contribution in [2.24, 2.45) is 0 Å². The van der Waals surface area contributed by atoms with E-state index in [0.29, 0.717) is 12.8 Å². The zero-order valence-corrected chi connectivity index (χ0v) is 43.9. The molecule has 2 aliphatic rings. The van der Waals surface area contributed by atoms with Crippen LogP contribution in [-0.4, -0.2) is 142 Å². The van der Waals surface area contributed by atoms with Crippen LogP contribution in [0.25, 0.3) is 0 Å². The summed E-state index contributed by atoms with van der Waals surface area (Å²) < 4.78 is 33.6. The first kappa shape index (κ1) is 65.1. The summed E-state index contributed by atoms with van der Waals surface area (Å²) in [6.07, 6.45) is 35.0. The van der Waals surface area contributed by atoms with Crippen molar-refractivity contribution in [2.45, 2.75) is 248 Å². The molecule has 2 saturated heterocycles. The van der Waals surface area contributed by atoms with Gasteiger partial charge < -0.3 is 64.2 Å². The van der Waals surface area contributed by atoms with Crippen LogP contribution in [0.2, 0.25) is 0 Å². The van der Waals surface area contributed by atoms with Crippen molar-refractivity contribution in [3.8, 4) is 0 Å². The maximum absolute atomic E-state index is 13.0. The van der Waals surface area contributed by atoms with Crippen molar-refractivity contribution in [1.29, 1.82) is 0 Å². The van der Waals surface area contributed by atoms with E-state index in [1.807, 2.05) is 0 Å². The molecule has 72 heavy (non-hydrogen) atoms. The first-order chi connectivity index (χ1) is 35.0. The monoisotopic (exact) mass is 1020 g/mol. The number of hydrogen-bond acceptors (Lipinski definition) is 15. The average Bonchev–Trinajstić information content (AvgIpc) is 3.37. The molecule has 2 fully saturated rings. The Morgan fingerprint density at radius 2 is 0.875 bits per heavy atom. The zero-order chi connectivity index (χ0) is 52.4. The summed E-state index contributed by atoms with van der Waals surface area (Å²) in [6, 6.07) is 0. The highest BCUT2D eigenvalue weighted by Gasteiger charge is 2.47. The second kappa shape index (κ2) is 43.2. The maximum Gasteiger partial charge on any atom is 0.306 e. The maximum atomic E-state index is 13.0. The van der Waals surface area contributed by atoms with Crippen LogP contribution < -0.4 is 0 Å². The molecule has 2 rings (SSSR count). The van der Waals surface area contributed by atoms with E-state index in [-0.39, 0.29) is 19.4 Å². The fourth-order valence-electron chi connectivity index (χ4n) is 8.18. The van der Waals surface area contributed by atoms with Crippen LogP contribution in [-0.2, 0) is 38.0 Å². The van der Waals surface area contributed by atoms with E-state index in [1.54, 1.807) is 0 Å². The van der Waals surface area contributed by atoms with Gasteiger partial charge in [0.15, 0.2) is 18.7 Å². The normalized spacial score (nSPS) is 25.6. The van der Waals surface area contributed by atoms with Crippen LogP contribution in [0, 0.1) is 0 Å². The lowest BCUT2D eigenvalue weighted by molar-refractivity contribution is -0.332. The lowest BCUT2D eigenvalue weighted by Crippen LogP contribution is -2.61. The Labute approximate surface area is 432 Å². The topological polar surface area (TPSA) is 231 Å². The molecule has 0 aliphatic carbocycles. The molecule has 0 amide bonds. The van der Waals surface area contributed by atoms with E-state index in [1.165, 1.54) is 70.6 Å². The van der Waals surface area contributed by atoms with Gasteiger partial charge in [-0.05, 0) is 83.5 Å². The highest BCUT2D eigenvalue weighted by atomic mass is 16.7. The summed E-state index contributed by atoms with van der Waals surface area (Å²) in [6.45, 7) is 2.41. The van der Waals surface area contributed by atoms with Gasteiger partial charge in [0.1, 0.15) is 55.4 Å². The van der Waals surface area contributed by atoms with E-state index in [4.69, 9.17) is 28.4 Å². The molecule has 0 spiro atoms. The van der Waals surface area contributed by atoms with Gasteiger partial charge in [-0.2, -0.15) is 0 Å². The van der Waals surface area contributed by atoms with Crippen LogP contribution in [0.3, 0.4) is 0 Å². The molecule has 0 aromatic carbocycles. The van der Waals surface area contributed by atoms with E-state index in [9.17, 15) is 45.3 Å². The van der Waals surface area contributed by atoms with Crippen molar-refractivity contribution in [3.05, 3.63) is 72.9 Å². The minimum atomic E-state index is -1.78. The summed E-state index contributed by atoms with van der Waals surface area (Å²) in [5.41, 5.74) is 0. The Morgan fingerprint density at radius 3 is 1.40 bits per heavy atom. The fourth-order valence-corrected chi connectivity index (χ4v) is 8.18. The fraction of sp³-hybridized carbons (Fsp3) is 0.754. The molecule has 7 N–H and O–H groups in total. The molecule has 0 saturated carbocycles. The van der Waals surface area contributed by atoms with Gasteiger partial charge in [-0.1, -0.05) is 157 Å². The molecule has 414 valence electrons. The summed E-state index contributed by atoms with van der Waals surface area (Å²) >= 11 is 0. The SMILES string of the molecule is CC/C=C\C/C=C\C/C=C\C/C=C\CCCCC(=O)OC(COC(=O)CCCCCCCCCCC/C=C\C/C=C\CCCCCCC)COC1OC(COC2OC(CO)C(O)C(O)C2O)C(O)C(O)C1O. The Hall–Kier alpha value is -3.06. The van der Waals surface area contributed by atoms with Crippen molar-refractivity contribution >= 4 is 11.9 Å². The number of rotatable bonds is 42. The van der Waals surface area contributed by atoms with Crippen LogP contribution in [0.15, 0.2) is 72.9 Å². The third-order valence-electron chi connectivity index (χ3n) is 12.7. The molecular formula is C57H96O15. The predicted molar refractivity (Wildman–Crippen MR) is 279 cm³/mol. The smallest absolute Gasteiger partial charge is 0.306 e. The number of esters is 2. The number of allylic oxidation sites excluding steroid dienone is 12. The molecule has 0 aromatic rings. The number of carbonyl (C=O) groups excluding carboxylic acids is 2. The number of unbranched alkanes of at least 4 members (excludes halogenated alkanes) is 16. The van der Waals surface area contributed by atoms with Gasteiger partial charge in [0.25, 0.3) is 0 Å². The van der Waals surface area contributed by atoms with Gasteiger partial charge in [0, 0.05) is 12.8 Å². The van der Waals surface area contributed by atoms with Crippen molar-refractivity contribution in [3.63, 3.8) is 0 Å². The summed E-state index contributed by atoms with van der Waals surface area (Å²) in [5, 5.41) is 72.2. The van der Waals surface area contributed by atoms with E-state index in [2.05, 4.69) is 86.8 Å². The predicted octanol–water partition coefficient (Wildman–Crippen LogP) is 8.60.